The summed E-state index contributed by atoms with van der Waals surface area (Å²) in [6.45, 7) is 0. The van der Waals surface area contributed by atoms with Gasteiger partial charge in [0.15, 0.2) is 5.13 Å². The Balaban J connectivity index is 2.13. The van der Waals surface area contributed by atoms with Gasteiger partial charge in [-0.15, -0.1) is 11.3 Å². The molecule has 18 heavy (non-hydrogen) atoms. The Hall–Kier alpha value is -1.64. The highest BCUT2D eigenvalue weighted by molar-refractivity contribution is 7.14. The largest absolute Gasteiger partial charge is 0.481 e. The molecule has 0 saturated heterocycles. The number of nitrogens with zero attached hydrogens (tertiary/aromatic N) is 1. The van der Waals surface area contributed by atoms with E-state index in [1.165, 1.54) is 5.38 Å². The van der Waals surface area contributed by atoms with Crippen LogP contribution >= 0.6 is 11.3 Å². The number of nitrogens with one attached hydrogen (secondary N) is 1. The Kier molecular flexibility index (Phi) is 2.80. The minimum Gasteiger partial charge on any atom is -0.481 e. The van der Waals surface area contributed by atoms with Crippen molar-refractivity contribution in [1.82, 2.24) is 4.98 Å². The fourth-order valence-electron chi connectivity index (χ4n) is 1.42. The second kappa shape index (κ2) is 3.94. The second-order valence-corrected chi connectivity index (χ2v) is 4.74. The number of hydrogen-bond donors (Lipinski definition) is 2. The number of carbonyl (C=O) groups is 2. The Morgan fingerprint density at radius 1 is 1.44 bits per heavy atom. The number of alkyl halides is 3. The van der Waals surface area contributed by atoms with Crippen LogP contribution in [0.15, 0.2) is 5.38 Å². The van der Waals surface area contributed by atoms with Crippen LogP contribution < -0.4 is 5.32 Å². The number of halogens is 3. The maximum Gasteiger partial charge on any atom is 0.471 e. The zero-order valence-corrected chi connectivity index (χ0v) is 9.56. The highest BCUT2D eigenvalue weighted by atomic mass is 32.1. The second-order valence-electron chi connectivity index (χ2n) is 3.88. The quantitative estimate of drug-likeness (QED) is 0.884. The summed E-state index contributed by atoms with van der Waals surface area (Å²) in [4.78, 5) is 25.4. The molecule has 1 aliphatic carbocycles. The fraction of sp³-hybridized carbons (Fsp3) is 0.444. The summed E-state index contributed by atoms with van der Waals surface area (Å²) in [6.07, 6.45) is -4.19. The number of rotatable bonds is 3. The topological polar surface area (TPSA) is 79.3 Å². The highest BCUT2D eigenvalue weighted by Crippen LogP contribution is 2.48. The van der Waals surface area contributed by atoms with Gasteiger partial charge < -0.3 is 5.11 Å². The maximum atomic E-state index is 12.0. The average molecular weight is 280 g/mol. The number of thiazole rings is 1. The molecule has 1 aliphatic rings. The lowest BCUT2D eigenvalue weighted by atomic mass is 10.1. The number of carboxylic acids is 1. The molecule has 1 heterocycles. The monoisotopic (exact) mass is 280 g/mol. The van der Waals surface area contributed by atoms with Crippen LogP contribution in [0.1, 0.15) is 18.5 Å². The van der Waals surface area contributed by atoms with Gasteiger partial charge in [0.05, 0.1) is 5.69 Å². The first-order valence-electron chi connectivity index (χ1n) is 4.83. The van der Waals surface area contributed by atoms with Gasteiger partial charge in [0, 0.05) is 5.38 Å². The Morgan fingerprint density at radius 3 is 2.50 bits per heavy atom. The molecule has 9 heteroatoms. The summed E-state index contributed by atoms with van der Waals surface area (Å²) in [7, 11) is 0. The van der Waals surface area contributed by atoms with Crippen LogP contribution in [0.4, 0.5) is 18.3 Å². The van der Waals surface area contributed by atoms with Gasteiger partial charge in [-0.1, -0.05) is 0 Å². The highest BCUT2D eigenvalue weighted by Gasteiger charge is 2.53. The normalized spacial score (nSPS) is 17.3. The molecule has 0 spiro atoms. The lowest BCUT2D eigenvalue weighted by Crippen LogP contribution is -2.30. The third-order valence-electron chi connectivity index (χ3n) is 2.63. The van der Waals surface area contributed by atoms with Gasteiger partial charge in [-0.05, 0) is 12.8 Å². The van der Waals surface area contributed by atoms with Gasteiger partial charge >= 0.3 is 18.1 Å². The molecule has 98 valence electrons. The maximum absolute atomic E-state index is 12.0. The van der Waals surface area contributed by atoms with Crippen LogP contribution in [0.3, 0.4) is 0 Å². The van der Waals surface area contributed by atoms with Crippen LogP contribution in [0, 0.1) is 0 Å². The molecule has 0 radical (unpaired) electrons. The van der Waals surface area contributed by atoms with Crippen molar-refractivity contribution in [2.45, 2.75) is 24.4 Å². The molecule has 0 atom stereocenters. The predicted molar refractivity (Wildman–Crippen MR) is 55.3 cm³/mol. The van der Waals surface area contributed by atoms with Crippen LogP contribution in [-0.2, 0) is 15.0 Å². The van der Waals surface area contributed by atoms with Gasteiger partial charge in [-0.3, -0.25) is 14.9 Å². The van der Waals surface area contributed by atoms with Gasteiger partial charge in [0.25, 0.3) is 0 Å². The molecule has 0 aliphatic heterocycles. The van der Waals surface area contributed by atoms with Crippen molar-refractivity contribution in [2.24, 2.45) is 0 Å². The molecule has 1 amide bonds. The Labute approximate surface area is 103 Å². The molecule has 1 aromatic rings. The van der Waals surface area contributed by atoms with Crippen molar-refractivity contribution >= 4 is 28.3 Å². The number of anilines is 1. The molecule has 1 aromatic heterocycles. The summed E-state index contributed by atoms with van der Waals surface area (Å²) in [6, 6.07) is 0. The number of hydrogen-bond acceptors (Lipinski definition) is 4. The first-order valence-corrected chi connectivity index (χ1v) is 5.71. The number of amides is 1. The first kappa shape index (κ1) is 12.8. The summed E-state index contributed by atoms with van der Waals surface area (Å²) in [5, 5.41) is 11.7. The molecule has 1 saturated carbocycles. The van der Waals surface area contributed by atoms with Crippen LogP contribution in [0.25, 0.3) is 0 Å². The molecule has 2 N–H and O–H groups in total. The Bertz CT molecular complexity index is 507. The lowest BCUT2D eigenvalue weighted by Gasteiger charge is -2.06. The van der Waals surface area contributed by atoms with Crippen LogP contribution in [0.2, 0.25) is 0 Å². The molecule has 2 rings (SSSR count). The zero-order chi connectivity index (χ0) is 13.6. The number of aliphatic carboxylic acids is 1. The molecule has 0 bridgehead atoms. The minimum absolute atomic E-state index is 0.192. The van der Waals surface area contributed by atoms with Crippen LogP contribution in [-0.4, -0.2) is 28.1 Å². The average Bonchev–Trinajstić information content (AvgIpc) is 2.93. The molecular weight excluding hydrogens is 273 g/mol. The summed E-state index contributed by atoms with van der Waals surface area (Å²) in [5.74, 6) is -3.18. The molecule has 0 aromatic carbocycles. The summed E-state index contributed by atoms with van der Waals surface area (Å²) < 4.78 is 36.0. The van der Waals surface area contributed by atoms with Crippen molar-refractivity contribution < 1.29 is 27.9 Å². The number of carbonyl (C=O) groups excluding carboxylic acids is 1. The predicted octanol–water partition coefficient (Wildman–Crippen LogP) is 1.76. The van der Waals surface area contributed by atoms with E-state index in [9.17, 15) is 22.8 Å². The first-order chi connectivity index (χ1) is 8.25. The third kappa shape index (κ3) is 2.17. The van der Waals surface area contributed by atoms with Gasteiger partial charge in [0.2, 0.25) is 0 Å². The van der Waals surface area contributed by atoms with E-state index >= 15 is 0 Å². The molecule has 5 nitrogen and oxygen atoms in total. The number of carboxylic acid groups (broad SMARTS) is 1. The molecule has 1 fully saturated rings. The summed E-state index contributed by atoms with van der Waals surface area (Å²) in [5.41, 5.74) is -0.893. The van der Waals surface area contributed by atoms with E-state index < -0.39 is 23.5 Å². The van der Waals surface area contributed by atoms with Gasteiger partial charge in [-0.2, -0.15) is 13.2 Å². The minimum atomic E-state index is -4.99. The molecular formula is C9H7F3N2O3S. The van der Waals surface area contributed by atoms with E-state index in [4.69, 9.17) is 5.11 Å². The van der Waals surface area contributed by atoms with Crippen molar-refractivity contribution in [3.05, 3.63) is 11.1 Å². The SMILES string of the molecule is O=C(Nc1nc(C2(C(=O)O)CC2)cs1)C(F)(F)F. The van der Waals surface area contributed by atoms with E-state index in [1.807, 2.05) is 0 Å². The van der Waals surface area contributed by atoms with Crippen molar-refractivity contribution in [3.8, 4) is 0 Å². The van der Waals surface area contributed by atoms with Gasteiger partial charge in [-0.25, -0.2) is 4.98 Å². The fourth-order valence-corrected chi connectivity index (χ4v) is 2.23. The smallest absolute Gasteiger partial charge is 0.471 e. The van der Waals surface area contributed by atoms with Crippen molar-refractivity contribution in [1.29, 1.82) is 0 Å². The number of aromatic nitrogens is 1. The zero-order valence-electron chi connectivity index (χ0n) is 8.74. The van der Waals surface area contributed by atoms with Crippen molar-refractivity contribution in [2.75, 3.05) is 5.32 Å². The lowest BCUT2D eigenvalue weighted by molar-refractivity contribution is -0.167. The summed E-state index contributed by atoms with van der Waals surface area (Å²) >= 11 is 0.772. The van der Waals surface area contributed by atoms with E-state index in [2.05, 4.69) is 4.98 Å². The van der Waals surface area contributed by atoms with E-state index in [-0.39, 0.29) is 10.8 Å². The van der Waals surface area contributed by atoms with E-state index in [0.717, 1.165) is 11.3 Å². The van der Waals surface area contributed by atoms with E-state index in [1.54, 1.807) is 5.32 Å². The van der Waals surface area contributed by atoms with Crippen LogP contribution in [0.5, 0.6) is 0 Å². The van der Waals surface area contributed by atoms with Crippen molar-refractivity contribution in [3.63, 3.8) is 0 Å². The van der Waals surface area contributed by atoms with Gasteiger partial charge in [0.1, 0.15) is 5.41 Å². The molecule has 0 unspecified atom stereocenters. The van der Waals surface area contributed by atoms with E-state index in [0.29, 0.717) is 12.8 Å². The Morgan fingerprint density at radius 2 is 2.06 bits per heavy atom. The standard InChI is InChI=1S/C9H7F3N2O3S/c10-9(11,12)5(15)14-7-13-4(3-18-7)8(1-2-8)6(16)17/h3H,1-2H2,(H,16,17)(H,13,14,15). The third-order valence-corrected chi connectivity index (χ3v) is 3.39.